The van der Waals surface area contributed by atoms with E-state index in [1.807, 2.05) is 48.5 Å². The van der Waals surface area contributed by atoms with Crippen molar-refractivity contribution in [2.45, 2.75) is 18.8 Å². The highest BCUT2D eigenvalue weighted by Gasteiger charge is 2.21. The van der Waals surface area contributed by atoms with E-state index < -0.39 is 0 Å². The molecular weight excluding hydrogens is 312 g/mol. The number of nitrogens with one attached hydrogen (secondary N) is 1. The maximum absolute atomic E-state index is 12.3. The van der Waals surface area contributed by atoms with E-state index in [1.54, 1.807) is 6.20 Å². The van der Waals surface area contributed by atoms with Gasteiger partial charge in [0, 0.05) is 24.0 Å². The van der Waals surface area contributed by atoms with Crippen LogP contribution in [0.5, 0.6) is 5.75 Å². The second-order valence-corrected chi connectivity index (χ2v) is 6.39. The Labute approximate surface area is 146 Å². The third kappa shape index (κ3) is 3.48. The monoisotopic (exact) mass is 332 g/mol. The predicted molar refractivity (Wildman–Crippen MR) is 97.8 cm³/mol. The topological polar surface area (TPSA) is 51.2 Å². The van der Waals surface area contributed by atoms with E-state index in [4.69, 9.17) is 4.74 Å². The van der Waals surface area contributed by atoms with Crippen molar-refractivity contribution in [1.29, 1.82) is 0 Å². The minimum Gasteiger partial charge on any atom is -0.493 e. The molecule has 1 aliphatic heterocycles. The maximum atomic E-state index is 12.3. The summed E-state index contributed by atoms with van der Waals surface area (Å²) in [6.45, 7) is 1.34. The maximum Gasteiger partial charge on any atom is 0.224 e. The van der Waals surface area contributed by atoms with Gasteiger partial charge in [0.25, 0.3) is 0 Å². The van der Waals surface area contributed by atoms with Crippen LogP contribution in [-0.4, -0.2) is 24.0 Å². The van der Waals surface area contributed by atoms with Crippen LogP contribution in [0.15, 0.2) is 60.8 Å². The number of carbonyl (C=O) groups excluding carboxylic acids is 1. The quantitative estimate of drug-likeness (QED) is 0.796. The molecule has 4 heteroatoms. The molecule has 2 aromatic carbocycles. The van der Waals surface area contributed by atoms with E-state index >= 15 is 0 Å². The molecule has 1 N–H and O–H groups in total. The summed E-state index contributed by atoms with van der Waals surface area (Å²) in [4.78, 5) is 16.8. The fourth-order valence-corrected chi connectivity index (χ4v) is 3.33. The summed E-state index contributed by atoms with van der Waals surface area (Å²) in [5.41, 5.74) is 3.07. The largest absolute Gasteiger partial charge is 0.493 e. The predicted octanol–water partition coefficient (Wildman–Crippen LogP) is 3.46. The molecular formula is C21H20N2O2. The SMILES string of the molecule is O=C(Cc1cnc2ccccc2c1)NC[C@@H]1CCOc2ccccc21. The van der Waals surface area contributed by atoms with Crippen molar-refractivity contribution in [2.75, 3.05) is 13.2 Å². The zero-order chi connectivity index (χ0) is 17.1. The number of aromatic nitrogens is 1. The van der Waals surface area contributed by atoms with Gasteiger partial charge in [-0.25, -0.2) is 0 Å². The van der Waals surface area contributed by atoms with Gasteiger partial charge in [-0.1, -0.05) is 36.4 Å². The summed E-state index contributed by atoms with van der Waals surface area (Å²) in [6, 6.07) is 18.0. The minimum atomic E-state index is 0.0288. The molecule has 1 atom stereocenters. The average Bonchev–Trinajstić information content (AvgIpc) is 2.66. The van der Waals surface area contributed by atoms with Crippen molar-refractivity contribution in [3.8, 4) is 5.75 Å². The van der Waals surface area contributed by atoms with Gasteiger partial charge in [-0.15, -0.1) is 0 Å². The number of fused-ring (bicyclic) bond motifs is 2. The number of para-hydroxylation sites is 2. The highest BCUT2D eigenvalue weighted by molar-refractivity contribution is 5.82. The average molecular weight is 332 g/mol. The van der Waals surface area contributed by atoms with Gasteiger partial charge in [0.15, 0.2) is 0 Å². The Balaban J connectivity index is 1.39. The molecule has 1 aliphatic rings. The third-order valence-corrected chi connectivity index (χ3v) is 4.64. The van der Waals surface area contributed by atoms with Gasteiger partial charge >= 0.3 is 0 Å². The Morgan fingerprint density at radius 1 is 1.16 bits per heavy atom. The van der Waals surface area contributed by atoms with Gasteiger partial charge in [-0.3, -0.25) is 9.78 Å². The van der Waals surface area contributed by atoms with Crippen LogP contribution in [0.3, 0.4) is 0 Å². The molecule has 126 valence electrons. The van der Waals surface area contributed by atoms with E-state index in [-0.39, 0.29) is 5.91 Å². The van der Waals surface area contributed by atoms with Gasteiger partial charge in [0.1, 0.15) is 5.75 Å². The van der Waals surface area contributed by atoms with Crippen LogP contribution in [0.25, 0.3) is 10.9 Å². The first-order valence-corrected chi connectivity index (χ1v) is 8.62. The molecule has 0 spiro atoms. The lowest BCUT2D eigenvalue weighted by Crippen LogP contribution is -2.31. The second-order valence-electron chi connectivity index (χ2n) is 6.39. The van der Waals surface area contributed by atoms with Gasteiger partial charge in [-0.2, -0.15) is 0 Å². The molecule has 1 amide bonds. The van der Waals surface area contributed by atoms with Crippen molar-refractivity contribution < 1.29 is 9.53 Å². The van der Waals surface area contributed by atoms with Crippen molar-refractivity contribution in [3.05, 3.63) is 71.9 Å². The first-order valence-electron chi connectivity index (χ1n) is 8.62. The normalized spacial score (nSPS) is 16.1. The molecule has 0 fully saturated rings. The summed E-state index contributed by atoms with van der Waals surface area (Å²) in [6.07, 6.45) is 3.06. The molecule has 25 heavy (non-hydrogen) atoms. The van der Waals surface area contributed by atoms with Crippen LogP contribution in [0.2, 0.25) is 0 Å². The van der Waals surface area contributed by atoms with Gasteiger partial charge in [0.2, 0.25) is 5.91 Å². The standard InChI is InChI=1S/C21H20N2O2/c24-21(12-15-11-16-5-1-3-7-19(16)22-13-15)23-14-17-9-10-25-20-8-4-2-6-18(17)20/h1-8,11,13,17H,9-10,12,14H2,(H,23,24)/t17-/m0/s1. The van der Waals surface area contributed by atoms with Crippen LogP contribution in [0.4, 0.5) is 0 Å². The summed E-state index contributed by atoms with van der Waals surface area (Å²) in [5, 5.41) is 4.13. The molecule has 0 aliphatic carbocycles. The Hall–Kier alpha value is -2.88. The molecule has 0 bridgehead atoms. The highest BCUT2D eigenvalue weighted by atomic mass is 16.5. The lowest BCUT2D eigenvalue weighted by molar-refractivity contribution is -0.120. The molecule has 4 rings (SSSR count). The number of benzene rings is 2. The van der Waals surface area contributed by atoms with E-state index in [0.29, 0.717) is 25.5 Å². The highest BCUT2D eigenvalue weighted by Crippen LogP contribution is 2.32. The summed E-state index contributed by atoms with van der Waals surface area (Å²) in [7, 11) is 0. The molecule has 0 saturated carbocycles. The number of nitrogens with zero attached hydrogens (tertiary/aromatic N) is 1. The van der Waals surface area contributed by atoms with Crippen LogP contribution in [0.1, 0.15) is 23.5 Å². The van der Waals surface area contributed by atoms with Crippen LogP contribution in [-0.2, 0) is 11.2 Å². The van der Waals surface area contributed by atoms with E-state index in [0.717, 1.165) is 28.6 Å². The lowest BCUT2D eigenvalue weighted by Gasteiger charge is -2.26. The summed E-state index contributed by atoms with van der Waals surface area (Å²) in [5.74, 6) is 1.27. The second kappa shape index (κ2) is 6.93. The molecule has 4 nitrogen and oxygen atoms in total. The van der Waals surface area contributed by atoms with E-state index in [1.165, 1.54) is 5.56 Å². The third-order valence-electron chi connectivity index (χ3n) is 4.64. The summed E-state index contributed by atoms with van der Waals surface area (Å²) >= 11 is 0. The van der Waals surface area contributed by atoms with Crippen LogP contribution < -0.4 is 10.1 Å². The number of ether oxygens (including phenoxy) is 1. The molecule has 0 saturated heterocycles. The number of carbonyl (C=O) groups is 1. The molecule has 3 aromatic rings. The molecule has 0 radical (unpaired) electrons. The smallest absolute Gasteiger partial charge is 0.224 e. The van der Waals surface area contributed by atoms with Crippen LogP contribution in [0, 0.1) is 0 Å². The van der Waals surface area contributed by atoms with Crippen molar-refractivity contribution >= 4 is 16.8 Å². The van der Waals surface area contributed by atoms with Crippen molar-refractivity contribution in [1.82, 2.24) is 10.3 Å². The molecule has 2 heterocycles. The number of hydrogen-bond acceptors (Lipinski definition) is 3. The zero-order valence-corrected chi connectivity index (χ0v) is 13.9. The minimum absolute atomic E-state index is 0.0288. The first-order chi connectivity index (χ1) is 12.3. The Kier molecular flexibility index (Phi) is 4.34. The Morgan fingerprint density at radius 3 is 2.96 bits per heavy atom. The van der Waals surface area contributed by atoms with Crippen molar-refractivity contribution in [3.63, 3.8) is 0 Å². The fourth-order valence-electron chi connectivity index (χ4n) is 3.33. The number of rotatable bonds is 4. The lowest BCUT2D eigenvalue weighted by atomic mass is 9.93. The van der Waals surface area contributed by atoms with E-state index in [2.05, 4.69) is 16.4 Å². The first kappa shape index (κ1) is 15.6. The van der Waals surface area contributed by atoms with Gasteiger partial charge < -0.3 is 10.1 Å². The van der Waals surface area contributed by atoms with Gasteiger partial charge in [-0.05, 0) is 35.7 Å². The fraction of sp³-hybridized carbons (Fsp3) is 0.238. The zero-order valence-electron chi connectivity index (χ0n) is 13.9. The Bertz CT molecular complexity index is 907. The van der Waals surface area contributed by atoms with Crippen molar-refractivity contribution in [2.24, 2.45) is 0 Å². The van der Waals surface area contributed by atoms with E-state index in [9.17, 15) is 4.79 Å². The molecule has 0 unspecified atom stereocenters. The van der Waals surface area contributed by atoms with Gasteiger partial charge in [0.05, 0.1) is 18.5 Å². The number of hydrogen-bond donors (Lipinski definition) is 1. The van der Waals surface area contributed by atoms with Crippen LogP contribution >= 0.6 is 0 Å². The Morgan fingerprint density at radius 2 is 2.00 bits per heavy atom. The number of amides is 1. The summed E-state index contributed by atoms with van der Waals surface area (Å²) < 4.78 is 5.68. The molecule has 1 aromatic heterocycles. The number of pyridine rings is 1.